The molecule has 0 saturated heterocycles. The first-order chi connectivity index (χ1) is 12.7. The number of rotatable bonds is 3. The fraction of sp³-hybridized carbons (Fsp3) is 0.182. The average Bonchev–Trinajstić information content (AvgIpc) is 3.13. The second-order valence-electron chi connectivity index (χ2n) is 7.09. The van der Waals surface area contributed by atoms with Crippen LogP contribution in [-0.2, 0) is 5.54 Å². The summed E-state index contributed by atoms with van der Waals surface area (Å²) in [4.78, 5) is 4.88. The predicted octanol–water partition coefficient (Wildman–Crippen LogP) is 4.40. The molecular weight excluding hydrogens is 320 g/mol. The van der Waals surface area contributed by atoms with E-state index in [9.17, 15) is 0 Å². The minimum Gasteiger partial charge on any atom is -0.321 e. The number of hydrogen-bond acceptors (Lipinski definition) is 3. The molecule has 4 nitrogen and oxygen atoms in total. The molecule has 0 bridgehead atoms. The Morgan fingerprint density at radius 2 is 1.65 bits per heavy atom. The maximum Gasteiger partial charge on any atom is 0.155 e. The molecule has 0 amide bonds. The molecule has 5 rings (SSSR count). The lowest BCUT2D eigenvalue weighted by molar-refractivity contribution is 0.253. The first kappa shape index (κ1) is 15.3. The molecule has 1 fully saturated rings. The van der Waals surface area contributed by atoms with Gasteiger partial charge in [-0.1, -0.05) is 54.6 Å². The molecule has 26 heavy (non-hydrogen) atoms. The van der Waals surface area contributed by atoms with Crippen LogP contribution in [0, 0.1) is 0 Å². The number of hydrogen-bond donors (Lipinski definition) is 1. The minimum atomic E-state index is -0.135. The zero-order chi connectivity index (χ0) is 17.6. The van der Waals surface area contributed by atoms with Gasteiger partial charge in [0.2, 0.25) is 0 Å². The monoisotopic (exact) mass is 340 g/mol. The van der Waals surface area contributed by atoms with Crippen LogP contribution < -0.4 is 5.73 Å². The highest BCUT2D eigenvalue weighted by Crippen LogP contribution is 2.39. The largest absolute Gasteiger partial charge is 0.321 e. The highest BCUT2D eigenvalue weighted by molar-refractivity contribution is 5.81. The Labute approximate surface area is 152 Å². The van der Waals surface area contributed by atoms with Gasteiger partial charge in [0.15, 0.2) is 5.65 Å². The maximum atomic E-state index is 6.47. The van der Waals surface area contributed by atoms with Crippen molar-refractivity contribution < 1.29 is 0 Å². The fourth-order valence-corrected chi connectivity index (χ4v) is 3.71. The minimum absolute atomic E-state index is 0.135. The highest BCUT2D eigenvalue weighted by atomic mass is 15.2. The standard InChI is InChI=1S/C22H20N4/c23-22(12-4-13-22)18-9-7-17(8-10-18)21-19(16-5-2-1-3-6-16)15-26-20(25-21)11-14-24-26/h1-3,5-11,14-15H,4,12-13,23H2. The fourth-order valence-electron chi connectivity index (χ4n) is 3.71. The molecule has 1 aliphatic carbocycles. The summed E-state index contributed by atoms with van der Waals surface area (Å²) < 4.78 is 1.82. The van der Waals surface area contributed by atoms with Crippen molar-refractivity contribution in [2.24, 2.45) is 5.73 Å². The van der Waals surface area contributed by atoms with Crippen LogP contribution in [0.1, 0.15) is 24.8 Å². The third-order valence-electron chi connectivity index (χ3n) is 5.45. The number of nitrogens with zero attached hydrogens (tertiary/aromatic N) is 3. The second-order valence-corrected chi connectivity index (χ2v) is 7.09. The van der Waals surface area contributed by atoms with E-state index in [4.69, 9.17) is 10.7 Å². The molecule has 2 aromatic carbocycles. The van der Waals surface area contributed by atoms with Gasteiger partial charge < -0.3 is 5.73 Å². The first-order valence-electron chi connectivity index (χ1n) is 9.03. The summed E-state index contributed by atoms with van der Waals surface area (Å²) in [6, 6.07) is 20.9. The van der Waals surface area contributed by atoms with E-state index in [1.54, 1.807) is 6.20 Å². The van der Waals surface area contributed by atoms with Crippen LogP contribution in [0.4, 0.5) is 0 Å². The van der Waals surface area contributed by atoms with E-state index in [1.165, 1.54) is 12.0 Å². The van der Waals surface area contributed by atoms with Crippen LogP contribution in [0.15, 0.2) is 73.1 Å². The molecule has 0 spiro atoms. The van der Waals surface area contributed by atoms with E-state index in [2.05, 4.69) is 47.7 Å². The molecule has 1 saturated carbocycles. The van der Waals surface area contributed by atoms with Crippen molar-refractivity contribution in [2.75, 3.05) is 0 Å². The van der Waals surface area contributed by atoms with E-state index in [0.717, 1.165) is 40.9 Å². The van der Waals surface area contributed by atoms with Gasteiger partial charge in [0, 0.05) is 28.9 Å². The van der Waals surface area contributed by atoms with Crippen LogP contribution >= 0.6 is 0 Å². The third kappa shape index (κ3) is 2.42. The van der Waals surface area contributed by atoms with Crippen molar-refractivity contribution >= 4 is 5.65 Å². The van der Waals surface area contributed by atoms with Crippen molar-refractivity contribution in [1.29, 1.82) is 0 Å². The normalized spacial score (nSPS) is 15.7. The van der Waals surface area contributed by atoms with Crippen LogP contribution in [-0.4, -0.2) is 14.6 Å². The number of benzene rings is 2. The van der Waals surface area contributed by atoms with Crippen molar-refractivity contribution in [1.82, 2.24) is 14.6 Å². The van der Waals surface area contributed by atoms with Crippen molar-refractivity contribution in [3.63, 3.8) is 0 Å². The molecule has 0 aliphatic heterocycles. The van der Waals surface area contributed by atoms with Gasteiger partial charge >= 0.3 is 0 Å². The summed E-state index contributed by atoms with van der Waals surface area (Å²) in [5, 5.41) is 4.34. The smallest absolute Gasteiger partial charge is 0.155 e. The number of aromatic nitrogens is 3. The molecular formula is C22H20N4. The molecule has 128 valence electrons. The summed E-state index contributed by atoms with van der Waals surface area (Å²) in [5.74, 6) is 0. The van der Waals surface area contributed by atoms with Crippen LogP contribution in [0.25, 0.3) is 28.0 Å². The number of fused-ring (bicyclic) bond motifs is 1. The van der Waals surface area contributed by atoms with Crippen molar-refractivity contribution in [3.05, 3.63) is 78.6 Å². The van der Waals surface area contributed by atoms with Crippen LogP contribution in [0.5, 0.6) is 0 Å². The van der Waals surface area contributed by atoms with Gasteiger partial charge in [-0.25, -0.2) is 9.50 Å². The van der Waals surface area contributed by atoms with Gasteiger partial charge in [-0.2, -0.15) is 5.10 Å². The Morgan fingerprint density at radius 3 is 2.35 bits per heavy atom. The molecule has 4 heteroatoms. The molecule has 0 radical (unpaired) electrons. The summed E-state index contributed by atoms with van der Waals surface area (Å²) in [6.45, 7) is 0. The lowest BCUT2D eigenvalue weighted by atomic mass is 9.72. The molecule has 4 aromatic rings. The van der Waals surface area contributed by atoms with Crippen LogP contribution in [0.3, 0.4) is 0 Å². The van der Waals surface area contributed by atoms with E-state index >= 15 is 0 Å². The Balaban J connectivity index is 1.65. The lowest BCUT2D eigenvalue weighted by Gasteiger charge is -2.38. The van der Waals surface area contributed by atoms with Gasteiger partial charge in [-0.3, -0.25) is 0 Å². The van der Waals surface area contributed by atoms with Gasteiger partial charge in [0.1, 0.15) is 0 Å². The summed E-state index contributed by atoms with van der Waals surface area (Å²) >= 11 is 0. The molecule has 0 atom stereocenters. The van der Waals surface area contributed by atoms with E-state index in [-0.39, 0.29) is 5.54 Å². The predicted molar refractivity (Wildman–Crippen MR) is 104 cm³/mol. The third-order valence-corrected chi connectivity index (χ3v) is 5.45. The maximum absolute atomic E-state index is 6.47. The summed E-state index contributed by atoms with van der Waals surface area (Å²) in [5.41, 5.74) is 12.7. The Hall–Kier alpha value is -2.98. The van der Waals surface area contributed by atoms with E-state index in [1.807, 2.05) is 28.8 Å². The van der Waals surface area contributed by atoms with Gasteiger partial charge in [0.05, 0.1) is 11.9 Å². The Morgan fingerprint density at radius 1 is 0.885 bits per heavy atom. The summed E-state index contributed by atoms with van der Waals surface area (Å²) in [7, 11) is 0. The number of nitrogens with two attached hydrogens (primary N) is 1. The highest BCUT2D eigenvalue weighted by Gasteiger charge is 2.34. The molecule has 0 unspecified atom stereocenters. The van der Waals surface area contributed by atoms with Gasteiger partial charge in [0.25, 0.3) is 0 Å². The molecule has 2 N–H and O–H groups in total. The van der Waals surface area contributed by atoms with Gasteiger partial charge in [-0.15, -0.1) is 0 Å². The topological polar surface area (TPSA) is 56.2 Å². The zero-order valence-corrected chi connectivity index (χ0v) is 14.5. The van der Waals surface area contributed by atoms with Crippen LogP contribution in [0.2, 0.25) is 0 Å². The quantitative estimate of drug-likeness (QED) is 0.601. The van der Waals surface area contributed by atoms with Gasteiger partial charge in [-0.05, 0) is 30.4 Å². The van der Waals surface area contributed by atoms with Crippen molar-refractivity contribution in [2.45, 2.75) is 24.8 Å². The van der Waals surface area contributed by atoms with E-state index < -0.39 is 0 Å². The van der Waals surface area contributed by atoms with Crippen molar-refractivity contribution in [3.8, 4) is 22.4 Å². The second kappa shape index (κ2) is 5.78. The summed E-state index contributed by atoms with van der Waals surface area (Å²) in [6.07, 6.45) is 7.19. The van der Waals surface area contributed by atoms with E-state index in [0.29, 0.717) is 0 Å². The molecule has 2 aromatic heterocycles. The first-order valence-corrected chi connectivity index (χ1v) is 9.03. The average molecular weight is 340 g/mol. The Bertz CT molecular complexity index is 1060. The Kier molecular flexibility index (Phi) is 3.40. The SMILES string of the molecule is NC1(c2ccc(-c3nc4ccnn4cc3-c3ccccc3)cc2)CCC1. The lowest BCUT2D eigenvalue weighted by Crippen LogP contribution is -2.43. The zero-order valence-electron chi connectivity index (χ0n) is 14.5. The molecule has 2 heterocycles. The molecule has 1 aliphatic rings.